The summed E-state index contributed by atoms with van der Waals surface area (Å²) < 4.78 is 5.79. The molecule has 3 heteroatoms. The Morgan fingerprint density at radius 1 is 1.00 bits per heavy atom. The van der Waals surface area contributed by atoms with Crippen LogP contribution in [-0.2, 0) is 4.74 Å². The van der Waals surface area contributed by atoms with Gasteiger partial charge in [0.25, 0.3) is 0 Å². The van der Waals surface area contributed by atoms with Gasteiger partial charge in [0.05, 0.1) is 12.2 Å². The van der Waals surface area contributed by atoms with Gasteiger partial charge in [0, 0.05) is 19.7 Å². The van der Waals surface area contributed by atoms with Gasteiger partial charge < -0.3 is 14.7 Å². The maximum absolute atomic E-state index is 10.1. The smallest absolute Gasteiger partial charge is 0.0701 e. The van der Waals surface area contributed by atoms with Gasteiger partial charge in [-0.25, -0.2) is 0 Å². The summed E-state index contributed by atoms with van der Waals surface area (Å²) in [5, 5.41) is 10.1. The predicted octanol–water partition coefficient (Wildman–Crippen LogP) is 2.43. The first-order valence-corrected chi connectivity index (χ1v) is 7.74. The maximum atomic E-state index is 10.1. The zero-order valence-corrected chi connectivity index (χ0v) is 11.8. The van der Waals surface area contributed by atoms with Gasteiger partial charge >= 0.3 is 0 Å². The number of nitrogens with zero attached hydrogens (tertiary/aromatic N) is 1. The Balaban J connectivity index is 1.72. The lowest BCUT2D eigenvalue weighted by Gasteiger charge is -2.31. The lowest BCUT2D eigenvalue weighted by molar-refractivity contribution is -0.00874. The van der Waals surface area contributed by atoms with Crippen molar-refractivity contribution >= 4 is 0 Å². The van der Waals surface area contributed by atoms with Gasteiger partial charge in [-0.1, -0.05) is 19.3 Å². The van der Waals surface area contributed by atoms with E-state index in [4.69, 9.17) is 4.74 Å². The highest BCUT2D eigenvalue weighted by Gasteiger charge is 2.24. The van der Waals surface area contributed by atoms with E-state index in [1.807, 2.05) is 0 Å². The average Bonchev–Trinajstić information content (AvgIpc) is 2.56. The summed E-state index contributed by atoms with van der Waals surface area (Å²) in [5.74, 6) is 0.473. The molecule has 18 heavy (non-hydrogen) atoms. The van der Waals surface area contributed by atoms with Crippen molar-refractivity contribution in [1.82, 2.24) is 4.90 Å². The summed E-state index contributed by atoms with van der Waals surface area (Å²) in [7, 11) is 2.18. The molecule has 3 nitrogen and oxygen atoms in total. The van der Waals surface area contributed by atoms with Gasteiger partial charge in [0.1, 0.15) is 0 Å². The van der Waals surface area contributed by atoms with Crippen LogP contribution in [0.25, 0.3) is 0 Å². The number of hydrogen-bond donors (Lipinski definition) is 1. The Labute approximate surface area is 112 Å². The van der Waals surface area contributed by atoms with Crippen LogP contribution in [0.15, 0.2) is 0 Å². The van der Waals surface area contributed by atoms with E-state index in [2.05, 4.69) is 11.9 Å². The van der Waals surface area contributed by atoms with Crippen molar-refractivity contribution in [1.29, 1.82) is 0 Å². The first kappa shape index (κ1) is 14.3. The van der Waals surface area contributed by atoms with Crippen molar-refractivity contribution in [2.24, 2.45) is 5.92 Å². The number of rotatable bonds is 4. The molecule has 1 aliphatic carbocycles. The number of hydrogen-bond acceptors (Lipinski definition) is 3. The first-order chi connectivity index (χ1) is 8.75. The van der Waals surface area contributed by atoms with E-state index in [-0.39, 0.29) is 6.10 Å². The van der Waals surface area contributed by atoms with E-state index >= 15 is 0 Å². The molecule has 3 atom stereocenters. The summed E-state index contributed by atoms with van der Waals surface area (Å²) >= 11 is 0. The van der Waals surface area contributed by atoms with Gasteiger partial charge in [-0.2, -0.15) is 0 Å². The molecular formula is C15H29NO2. The van der Waals surface area contributed by atoms with E-state index in [1.54, 1.807) is 0 Å². The Hall–Kier alpha value is -0.120. The maximum Gasteiger partial charge on any atom is 0.0701 e. The molecule has 0 bridgehead atoms. The van der Waals surface area contributed by atoms with Crippen molar-refractivity contribution in [2.75, 3.05) is 26.7 Å². The quantitative estimate of drug-likeness (QED) is 0.783. The molecule has 1 aliphatic heterocycles. The van der Waals surface area contributed by atoms with Crippen LogP contribution in [0.5, 0.6) is 0 Å². The van der Waals surface area contributed by atoms with E-state index in [1.165, 1.54) is 44.9 Å². The fourth-order valence-corrected chi connectivity index (χ4v) is 3.35. The predicted molar refractivity (Wildman–Crippen MR) is 73.7 cm³/mol. The first-order valence-electron chi connectivity index (χ1n) is 7.74. The molecule has 0 spiro atoms. The van der Waals surface area contributed by atoms with Crippen molar-refractivity contribution in [2.45, 2.75) is 63.6 Å². The molecule has 0 radical (unpaired) electrons. The third-order valence-electron chi connectivity index (χ3n) is 4.45. The fraction of sp³-hybridized carbons (Fsp3) is 1.00. The van der Waals surface area contributed by atoms with E-state index < -0.39 is 0 Å². The van der Waals surface area contributed by atoms with Crippen molar-refractivity contribution in [3.63, 3.8) is 0 Å². The van der Waals surface area contributed by atoms with Crippen molar-refractivity contribution < 1.29 is 9.84 Å². The second-order valence-corrected chi connectivity index (χ2v) is 6.18. The Morgan fingerprint density at radius 2 is 1.78 bits per heavy atom. The molecular weight excluding hydrogens is 226 g/mol. The minimum atomic E-state index is -0.0813. The molecule has 0 aromatic rings. The van der Waals surface area contributed by atoms with Gasteiger partial charge in [0.2, 0.25) is 0 Å². The second kappa shape index (κ2) is 7.46. The van der Waals surface area contributed by atoms with E-state index in [0.717, 1.165) is 26.1 Å². The number of aliphatic hydroxyl groups is 1. The van der Waals surface area contributed by atoms with Crippen LogP contribution in [0, 0.1) is 5.92 Å². The minimum absolute atomic E-state index is 0.0813. The summed E-state index contributed by atoms with van der Waals surface area (Å²) in [6, 6.07) is 0. The fourth-order valence-electron chi connectivity index (χ4n) is 3.35. The van der Waals surface area contributed by atoms with Gasteiger partial charge in [-0.3, -0.25) is 0 Å². The van der Waals surface area contributed by atoms with E-state index in [0.29, 0.717) is 12.0 Å². The van der Waals surface area contributed by atoms with E-state index in [9.17, 15) is 5.11 Å². The van der Waals surface area contributed by atoms with Gasteiger partial charge in [-0.05, 0) is 45.1 Å². The Kier molecular flexibility index (Phi) is 5.93. The molecule has 0 aromatic heterocycles. The largest absolute Gasteiger partial charge is 0.393 e. The zero-order chi connectivity index (χ0) is 12.8. The number of aliphatic hydroxyl groups excluding tert-OH is 1. The summed E-state index contributed by atoms with van der Waals surface area (Å²) in [6.07, 6.45) is 10.1. The van der Waals surface area contributed by atoms with Crippen LogP contribution in [0.1, 0.15) is 51.4 Å². The summed E-state index contributed by atoms with van der Waals surface area (Å²) in [6.45, 7) is 2.99. The molecule has 2 fully saturated rings. The highest BCUT2D eigenvalue weighted by atomic mass is 16.5. The topological polar surface area (TPSA) is 32.7 Å². The highest BCUT2D eigenvalue weighted by Crippen LogP contribution is 2.24. The molecule has 2 rings (SSSR count). The molecule has 1 N–H and O–H groups in total. The van der Waals surface area contributed by atoms with Crippen LogP contribution < -0.4 is 0 Å². The van der Waals surface area contributed by atoms with Crippen molar-refractivity contribution in [3.05, 3.63) is 0 Å². The standard InChI is InChI=1S/C15H29NO2/c1-16(12-14-8-5-6-10-18-14)11-13-7-3-2-4-9-15(13)17/h13-15,17H,2-12H2,1H3. The SMILES string of the molecule is CN(CC1CCCCO1)CC1CCCCCC1O. The van der Waals surface area contributed by atoms with Crippen LogP contribution in [-0.4, -0.2) is 49.0 Å². The number of ether oxygens (including phenoxy) is 1. The molecule has 1 saturated carbocycles. The lowest BCUT2D eigenvalue weighted by atomic mass is 9.96. The monoisotopic (exact) mass is 255 g/mol. The Bertz CT molecular complexity index is 229. The summed E-state index contributed by atoms with van der Waals surface area (Å²) in [4.78, 5) is 2.37. The number of likely N-dealkylation sites (N-methyl/N-ethyl adjacent to an activating group) is 1. The highest BCUT2D eigenvalue weighted by molar-refractivity contribution is 4.77. The lowest BCUT2D eigenvalue weighted by Crippen LogP contribution is -2.38. The van der Waals surface area contributed by atoms with Gasteiger partial charge in [0.15, 0.2) is 0 Å². The second-order valence-electron chi connectivity index (χ2n) is 6.18. The van der Waals surface area contributed by atoms with Crippen LogP contribution in [0.3, 0.4) is 0 Å². The minimum Gasteiger partial charge on any atom is -0.393 e. The molecule has 3 unspecified atom stereocenters. The Morgan fingerprint density at radius 3 is 2.56 bits per heavy atom. The molecule has 1 heterocycles. The molecule has 106 valence electrons. The van der Waals surface area contributed by atoms with Crippen LogP contribution in [0.4, 0.5) is 0 Å². The molecule has 0 aromatic carbocycles. The van der Waals surface area contributed by atoms with Gasteiger partial charge in [-0.15, -0.1) is 0 Å². The molecule has 0 amide bonds. The van der Waals surface area contributed by atoms with Crippen LogP contribution >= 0.6 is 0 Å². The third-order valence-corrected chi connectivity index (χ3v) is 4.45. The molecule has 1 saturated heterocycles. The van der Waals surface area contributed by atoms with Crippen molar-refractivity contribution in [3.8, 4) is 0 Å². The average molecular weight is 255 g/mol. The van der Waals surface area contributed by atoms with Crippen LogP contribution in [0.2, 0.25) is 0 Å². The zero-order valence-electron chi connectivity index (χ0n) is 11.8. The third kappa shape index (κ3) is 4.52. The molecule has 2 aliphatic rings. The summed E-state index contributed by atoms with van der Waals surface area (Å²) in [5.41, 5.74) is 0. The normalized spacial score (nSPS) is 34.5.